The number of carbonyl (C=O) groups is 3. The summed E-state index contributed by atoms with van der Waals surface area (Å²) in [5.41, 5.74) is -0.676. The van der Waals surface area contributed by atoms with Gasteiger partial charge in [-0.1, -0.05) is 13.8 Å². The Morgan fingerprint density at radius 1 is 1.00 bits per heavy atom. The number of methoxy groups -OCH3 is 2. The zero-order chi connectivity index (χ0) is 14.2. The first-order valence-corrected chi connectivity index (χ1v) is 5.75. The first kappa shape index (κ1) is 16.4. The number of hydrogen-bond donors (Lipinski definition) is 1. The molecular formula is C12H21NO5. The Morgan fingerprint density at radius 3 is 2.00 bits per heavy atom. The van der Waals surface area contributed by atoms with E-state index in [4.69, 9.17) is 0 Å². The van der Waals surface area contributed by atoms with Gasteiger partial charge in [0.25, 0.3) is 0 Å². The summed E-state index contributed by atoms with van der Waals surface area (Å²) in [6.45, 7) is 3.71. The maximum absolute atomic E-state index is 11.8. The third kappa shape index (κ3) is 6.22. The molecule has 0 fully saturated rings. The number of carbonyl (C=O) groups excluding carboxylic acids is 3. The predicted molar refractivity (Wildman–Crippen MR) is 64.7 cm³/mol. The molecule has 0 bridgehead atoms. The van der Waals surface area contributed by atoms with E-state index >= 15 is 0 Å². The maximum Gasteiger partial charge on any atom is 0.307 e. The van der Waals surface area contributed by atoms with Crippen LogP contribution >= 0.6 is 0 Å². The van der Waals surface area contributed by atoms with Crippen molar-refractivity contribution in [1.82, 2.24) is 5.32 Å². The summed E-state index contributed by atoms with van der Waals surface area (Å²) in [5.74, 6) is -0.914. The van der Waals surface area contributed by atoms with E-state index in [0.29, 0.717) is 6.42 Å². The molecule has 0 aliphatic carbocycles. The van der Waals surface area contributed by atoms with E-state index < -0.39 is 5.41 Å². The second-order valence-corrected chi connectivity index (χ2v) is 4.54. The van der Waals surface area contributed by atoms with Crippen LogP contribution in [0.25, 0.3) is 0 Å². The summed E-state index contributed by atoms with van der Waals surface area (Å²) in [6, 6.07) is 0. The zero-order valence-electron chi connectivity index (χ0n) is 11.4. The molecule has 0 aliphatic heterocycles. The summed E-state index contributed by atoms with van der Waals surface area (Å²) >= 11 is 0. The van der Waals surface area contributed by atoms with Crippen LogP contribution in [0.4, 0.5) is 0 Å². The molecule has 0 heterocycles. The van der Waals surface area contributed by atoms with Crippen molar-refractivity contribution in [3.63, 3.8) is 0 Å². The smallest absolute Gasteiger partial charge is 0.307 e. The van der Waals surface area contributed by atoms with Crippen molar-refractivity contribution in [2.45, 2.75) is 33.1 Å². The molecule has 0 radical (unpaired) electrons. The number of ether oxygens (including phenoxy) is 2. The second-order valence-electron chi connectivity index (χ2n) is 4.54. The molecule has 0 atom stereocenters. The van der Waals surface area contributed by atoms with Crippen molar-refractivity contribution in [2.24, 2.45) is 5.41 Å². The van der Waals surface area contributed by atoms with E-state index in [1.165, 1.54) is 14.2 Å². The van der Waals surface area contributed by atoms with Crippen molar-refractivity contribution in [3.8, 4) is 0 Å². The lowest BCUT2D eigenvalue weighted by Crippen LogP contribution is -2.38. The SMILES string of the molecule is COC(=O)CCNC(=O)C(C)(C)CCC(=O)OC. The van der Waals surface area contributed by atoms with E-state index in [2.05, 4.69) is 14.8 Å². The number of hydrogen-bond acceptors (Lipinski definition) is 5. The predicted octanol–water partition coefficient (Wildman–Crippen LogP) is 0.645. The van der Waals surface area contributed by atoms with Gasteiger partial charge < -0.3 is 14.8 Å². The molecule has 6 nitrogen and oxygen atoms in total. The minimum atomic E-state index is -0.676. The van der Waals surface area contributed by atoms with Gasteiger partial charge in [-0.25, -0.2) is 0 Å². The fraction of sp³-hybridized carbons (Fsp3) is 0.750. The highest BCUT2D eigenvalue weighted by Crippen LogP contribution is 2.22. The van der Waals surface area contributed by atoms with Crippen molar-refractivity contribution in [3.05, 3.63) is 0 Å². The summed E-state index contributed by atoms with van der Waals surface area (Å²) < 4.78 is 8.98. The molecule has 0 aromatic rings. The van der Waals surface area contributed by atoms with Crippen LogP contribution in [0.2, 0.25) is 0 Å². The molecule has 0 aliphatic rings. The average Bonchev–Trinajstić information content (AvgIpc) is 2.35. The molecule has 1 N–H and O–H groups in total. The van der Waals surface area contributed by atoms with E-state index in [0.717, 1.165) is 0 Å². The molecule has 104 valence electrons. The van der Waals surface area contributed by atoms with Gasteiger partial charge in [-0.2, -0.15) is 0 Å². The van der Waals surface area contributed by atoms with Gasteiger partial charge in [0.1, 0.15) is 0 Å². The highest BCUT2D eigenvalue weighted by molar-refractivity contribution is 5.83. The number of esters is 2. The fourth-order valence-electron chi connectivity index (χ4n) is 1.25. The Hall–Kier alpha value is -1.59. The van der Waals surface area contributed by atoms with Crippen LogP contribution in [-0.2, 0) is 23.9 Å². The van der Waals surface area contributed by atoms with Crippen LogP contribution in [0.15, 0.2) is 0 Å². The van der Waals surface area contributed by atoms with Crippen molar-refractivity contribution in [2.75, 3.05) is 20.8 Å². The zero-order valence-corrected chi connectivity index (χ0v) is 11.4. The third-order valence-electron chi connectivity index (χ3n) is 2.64. The van der Waals surface area contributed by atoms with Gasteiger partial charge in [0.2, 0.25) is 5.91 Å². The first-order valence-electron chi connectivity index (χ1n) is 5.75. The topological polar surface area (TPSA) is 81.7 Å². The Balaban J connectivity index is 4.06. The Labute approximate surface area is 107 Å². The quantitative estimate of drug-likeness (QED) is 0.679. The Morgan fingerprint density at radius 2 is 1.50 bits per heavy atom. The van der Waals surface area contributed by atoms with E-state index in [1.54, 1.807) is 13.8 Å². The number of rotatable bonds is 7. The van der Waals surface area contributed by atoms with Crippen molar-refractivity contribution >= 4 is 17.8 Å². The molecule has 1 amide bonds. The van der Waals surface area contributed by atoms with Gasteiger partial charge in [0, 0.05) is 18.4 Å². The largest absolute Gasteiger partial charge is 0.469 e. The van der Waals surface area contributed by atoms with Crippen molar-refractivity contribution in [1.29, 1.82) is 0 Å². The Kier molecular flexibility index (Phi) is 7.00. The van der Waals surface area contributed by atoms with Crippen LogP contribution in [-0.4, -0.2) is 38.6 Å². The summed E-state index contributed by atoms with van der Waals surface area (Å²) in [7, 11) is 2.61. The van der Waals surface area contributed by atoms with Gasteiger partial charge in [0.15, 0.2) is 0 Å². The second kappa shape index (κ2) is 7.68. The van der Waals surface area contributed by atoms with Crippen LogP contribution in [0.3, 0.4) is 0 Å². The molecule has 0 aromatic carbocycles. The van der Waals surface area contributed by atoms with E-state index in [-0.39, 0.29) is 37.2 Å². The molecule has 0 saturated heterocycles. The van der Waals surface area contributed by atoms with Crippen molar-refractivity contribution < 1.29 is 23.9 Å². The average molecular weight is 259 g/mol. The lowest BCUT2D eigenvalue weighted by molar-refractivity contribution is -0.141. The molecule has 0 saturated carbocycles. The Bertz CT molecular complexity index is 312. The standard InChI is InChI=1S/C12H21NO5/c1-12(2,7-5-9(14)17-3)11(16)13-8-6-10(15)18-4/h5-8H2,1-4H3,(H,13,16). The van der Waals surface area contributed by atoms with Gasteiger partial charge in [0.05, 0.1) is 20.6 Å². The highest BCUT2D eigenvalue weighted by Gasteiger charge is 2.28. The fourth-order valence-corrected chi connectivity index (χ4v) is 1.25. The highest BCUT2D eigenvalue weighted by atomic mass is 16.5. The van der Waals surface area contributed by atoms with Gasteiger partial charge >= 0.3 is 11.9 Å². The minimum absolute atomic E-state index is 0.134. The normalized spacial score (nSPS) is 10.7. The lowest BCUT2D eigenvalue weighted by Gasteiger charge is -2.22. The van der Waals surface area contributed by atoms with Gasteiger partial charge in [-0.05, 0) is 6.42 Å². The molecule has 0 rings (SSSR count). The van der Waals surface area contributed by atoms with Crippen LogP contribution in [0.5, 0.6) is 0 Å². The summed E-state index contributed by atoms with van der Waals surface area (Å²) in [6.07, 6.45) is 0.715. The molecule has 6 heteroatoms. The van der Waals surface area contributed by atoms with Crippen LogP contribution in [0.1, 0.15) is 33.1 Å². The maximum atomic E-state index is 11.8. The summed E-state index contributed by atoms with van der Waals surface area (Å²) in [4.78, 5) is 33.7. The first-order chi connectivity index (χ1) is 8.33. The third-order valence-corrected chi connectivity index (χ3v) is 2.64. The van der Waals surface area contributed by atoms with Crippen LogP contribution in [0, 0.1) is 5.41 Å². The van der Waals surface area contributed by atoms with E-state index in [1.807, 2.05) is 0 Å². The van der Waals surface area contributed by atoms with Gasteiger partial charge in [-0.3, -0.25) is 14.4 Å². The van der Waals surface area contributed by atoms with E-state index in [9.17, 15) is 14.4 Å². The van der Waals surface area contributed by atoms with Gasteiger partial charge in [-0.15, -0.1) is 0 Å². The molecule has 0 aromatic heterocycles. The number of nitrogens with one attached hydrogen (secondary N) is 1. The monoisotopic (exact) mass is 259 g/mol. The molecule has 18 heavy (non-hydrogen) atoms. The lowest BCUT2D eigenvalue weighted by atomic mass is 9.87. The molecule has 0 spiro atoms. The summed E-state index contributed by atoms with van der Waals surface area (Å²) in [5, 5.41) is 2.64. The number of amides is 1. The van der Waals surface area contributed by atoms with Crippen LogP contribution < -0.4 is 5.32 Å². The minimum Gasteiger partial charge on any atom is -0.469 e. The molecular weight excluding hydrogens is 238 g/mol. The molecule has 0 unspecified atom stereocenters.